The number of alkyl carbamates (subject to hydrolysis) is 1. The number of carbonyl (C=O) groups excluding carboxylic acids is 1. The average Bonchev–Trinajstić information content (AvgIpc) is 2.00. The SMILES string of the molecule is CC(C)CCNC(=O)OCC(C)C. The summed E-state index contributed by atoms with van der Waals surface area (Å²) in [6, 6.07) is 0. The molecule has 0 radical (unpaired) electrons. The zero-order chi connectivity index (χ0) is 10.3. The molecule has 0 aliphatic rings. The molecule has 0 fully saturated rings. The van der Waals surface area contributed by atoms with Gasteiger partial charge < -0.3 is 10.1 Å². The van der Waals surface area contributed by atoms with E-state index in [1.165, 1.54) is 0 Å². The summed E-state index contributed by atoms with van der Waals surface area (Å²) in [5.74, 6) is 1.02. The lowest BCUT2D eigenvalue weighted by atomic mass is 10.1. The Morgan fingerprint density at radius 2 is 1.85 bits per heavy atom. The van der Waals surface area contributed by atoms with Crippen LogP contribution in [0.5, 0.6) is 0 Å². The molecule has 0 atom stereocenters. The van der Waals surface area contributed by atoms with Crippen LogP contribution in [0.4, 0.5) is 4.79 Å². The fraction of sp³-hybridized carbons (Fsp3) is 0.900. The predicted molar refractivity (Wildman–Crippen MR) is 53.6 cm³/mol. The minimum Gasteiger partial charge on any atom is -0.449 e. The second-order valence-corrected chi connectivity index (χ2v) is 4.10. The fourth-order valence-corrected chi connectivity index (χ4v) is 0.756. The minimum absolute atomic E-state index is 0.297. The number of carbonyl (C=O) groups is 1. The van der Waals surface area contributed by atoms with E-state index < -0.39 is 0 Å². The zero-order valence-electron chi connectivity index (χ0n) is 9.09. The molecule has 0 aliphatic carbocycles. The molecule has 0 aliphatic heterocycles. The molecule has 0 aromatic carbocycles. The van der Waals surface area contributed by atoms with Crippen LogP contribution < -0.4 is 5.32 Å². The Morgan fingerprint density at radius 1 is 1.23 bits per heavy atom. The summed E-state index contributed by atoms with van der Waals surface area (Å²) in [4.78, 5) is 11.0. The van der Waals surface area contributed by atoms with Crippen molar-refractivity contribution in [1.82, 2.24) is 5.32 Å². The number of ether oxygens (including phenoxy) is 1. The minimum atomic E-state index is -0.297. The zero-order valence-corrected chi connectivity index (χ0v) is 9.09. The number of nitrogens with one attached hydrogen (secondary N) is 1. The molecule has 0 unspecified atom stereocenters. The van der Waals surface area contributed by atoms with Crippen molar-refractivity contribution < 1.29 is 9.53 Å². The summed E-state index contributed by atoms with van der Waals surface area (Å²) >= 11 is 0. The Hall–Kier alpha value is -0.730. The van der Waals surface area contributed by atoms with Crippen molar-refractivity contribution >= 4 is 6.09 Å². The highest BCUT2D eigenvalue weighted by molar-refractivity contribution is 5.66. The molecule has 0 rings (SSSR count). The first kappa shape index (κ1) is 12.3. The standard InChI is InChI=1S/C10H21NO2/c1-8(2)5-6-11-10(12)13-7-9(3)4/h8-9H,5-7H2,1-4H3,(H,11,12). The lowest BCUT2D eigenvalue weighted by Gasteiger charge is -2.09. The van der Waals surface area contributed by atoms with Gasteiger partial charge in [-0.1, -0.05) is 27.7 Å². The smallest absolute Gasteiger partial charge is 0.407 e. The second-order valence-electron chi connectivity index (χ2n) is 4.10. The number of rotatable bonds is 5. The number of amides is 1. The molecule has 13 heavy (non-hydrogen) atoms. The Bertz CT molecular complexity index is 144. The molecule has 0 aromatic rings. The monoisotopic (exact) mass is 187 g/mol. The molecule has 3 heteroatoms. The van der Waals surface area contributed by atoms with Crippen LogP contribution in [0.1, 0.15) is 34.1 Å². The molecule has 0 saturated heterocycles. The Labute approximate surface area is 80.8 Å². The van der Waals surface area contributed by atoms with Gasteiger partial charge in [0.05, 0.1) is 6.61 Å². The summed E-state index contributed by atoms with van der Waals surface area (Å²) in [7, 11) is 0. The summed E-state index contributed by atoms with van der Waals surface area (Å²) in [5, 5.41) is 2.71. The van der Waals surface area contributed by atoms with Crippen LogP contribution in [0.2, 0.25) is 0 Å². The maximum Gasteiger partial charge on any atom is 0.407 e. The molecule has 3 nitrogen and oxygen atoms in total. The highest BCUT2D eigenvalue weighted by Crippen LogP contribution is 1.97. The van der Waals surface area contributed by atoms with Gasteiger partial charge in [0.2, 0.25) is 0 Å². The van der Waals surface area contributed by atoms with Crippen LogP contribution in [0, 0.1) is 11.8 Å². The summed E-state index contributed by atoms with van der Waals surface area (Å²) in [6.45, 7) is 9.48. The molecule has 1 amide bonds. The highest BCUT2D eigenvalue weighted by Gasteiger charge is 2.02. The quantitative estimate of drug-likeness (QED) is 0.717. The van der Waals surface area contributed by atoms with E-state index in [-0.39, 0.29) is 6.09 Å². The normalized spacial score (nSPS) is 10.6. The van der Waals surface area contributed by atoms with E-state index in [4.69, 9.17) is 4.74 Å². The van der Waals surface area contributed by atoms with Crippen LogP contribution in [0.25, 0.3) is 0 Å². The molecular formula is C10H21NO2. The van der Waals surface area contributed by atoms with Gasteiger partial charge in [-0.3, -0.25) is 0 Å². The van der Waals surface area contributed by atoms with Crippen molar-refractivity contribution in [3.05, 3.63) is 0 Å². The van der Waals surface area contributed by atoms with Crippen LogP contribution in [-0.4, -0.2) is 19.2 Å². The van der Waals surface area contributed by atoms with E-state index in [0.717, 1.165) is 6.42 Å². The van der Waals surface area contributed by atoms with E-state index in [0.29, 0.717) is 25.0 Å². The molecule has 0 spiro atoms. The van der Waals surface area contributed by atoms with Gasteiger partial charge in [-0.15, -0.1) is 0 Å². The fourth-order valence-electron chi connectivity index (χ4n) is 0.756. The van der Waals surface area contributed by atoms with Crippen molar-refractivity contribution in [3.63, 3.8) is 0 Å². The molecule has 0 bridgehead atoms. The summed E-state index contributed by atoms with van der Waals surface area (Å²) in [5.41, 5.74) is 0. The lowest BCUT2D eigenvalue weighted by molar-refractivity contribution is 0.132. The Kier molecular flexibility index (Phi) is 6.37. The summed E-state index contributed by atoms with van der Waals surface area (Å²) < 4.78 is 4.94. The van der Waals surface area contributed by atoms with Crippen LogP contribution in [0.15, 0.2) is 0 Å². The topological polar surface area (TPSA) is 38.3 Å². The van der Waals surface area contributed by atoms with Gasteiger partial charge in [-0.05, 0) is 18.3 Å². The Morgan fingerprint density at radius 3 is 2.31 bits per heavy atom. The van der Waals surface area contributed by atoms with E-state index >= 15 is 0 Å². The second kappa shape index (κ2) is 6.75. The van der Waals surface area contributed by atoms with Gasteiger partial charge in [-0.25, -0.2) is 4.79 Å². The van der Waals surface area contributed by atoms with Gasteiger partial charge in [0.25, 0.3) is 0 Å². The summed E-state index contributed by atoms with van der Waals surface area (Å²) in [6.07, 6.45) is 0.700. The molecule has 0 saturated carbocycles. The maximum absolute atomic E-state index is 11.0. The molecule has 0 aromatic heterocycles. The van der Waals surface area contributed by atoms with Crippen molar-refractivity contribution in [2.45, 2.75) is 34.1 Å². The molecular weight excluding hydrogens is 166 g/mol. The molecule has 0 heterocycles. The predicted octanol–water partition coefficient (Wildman–Crippen LogP) is 2.41. The van der Waals surface area contributed by atoms with E-state index in [2.05, 4.69) is 19.2 Å². The van der Waals surface area contributed by atoms with Gasteiger partial charge in [0.15, 0.2) is 0 Å². The van der Waals surface area contributed by atoms with Crippen LogP contribution in [-0.2, 0) is 4.74 Å². The average molecular weight is 187 g/mol. The Balaban J connectivity index is 3.30. The van der Waals surface area contributed by atoms with Crippen molar-refractivity contribution in [2.24, 2.45) is 11.8 Å². The van der Waals surface area contributed by atoms with Gasteiger partial charge >= 0.3 is 6.09 Å². The first-order valence-corrected chi connectivity index (χ1v) is 4.93. The van der Waals surface area contributed by atoms with E-state index in [1.807, 2.05) is 13.8 Å². The number of hydrogen-bond acceptors (Lipinski definition) is 2. The number of hydrogen-bond donors (Lipinski definition) is 1. The molecule has 78 valence electrons. The first-order chi connectivity index (χ1) is 6.02. The first-order valence-electron chi connectivity index (χ1n) is 4.93. The lowest BCUT2D eigenvalue weighted by Crippen LogP contribution is -2.27. The molecule has 1 N–H and O–H groups in total. The van der Waals surface area contributed by atoms with Crippen LogP contribution in [0.3, 0.4) is 0 Å². The van der Waals surface area contributed by atoms with Gasteiger partial charge in [0.1, 0.15) is 0 Å². The largest absolute Gasteiger partial charge is 0.449 e. The maximum atomic E-state index is 11.0. The van der Waals surface area contributed by atoms with Gasteiger partial charge in [0, 0.05) is 6.54 Å². The van der Waals surface area contributed by atoms with Crippen molar-refractivity contribution in [1.29, 1.82) is 0 Å². The van der Waals surface area contributed by atoms with E-state index in [9.17, 15) is 4.79 Å². The van der Waals surface area contributed by atoms with E-state index in [1.54, 1.807) is 0 Å². The van der Waals surface area contributed by atoms with Crippen LogP contribution >= 0.6 is 0 Å². The third-order valence-corrected chi connectivity index (χ3v) is 1.54. The third-order valence-electron chi connectivity index (χ3n) is 1.54. The van der Waals surface area contributed by atoms with Crippen molar-refractivity contribution in [3.8, 4) is 0 Å². The van der Waals surface area contributed by atoms with Gasteiger partial charge in [-0.2, -0.15) is 0 Å². The highest BCUT2D eigenvalue weighted by atomic mass is 16.5. The third kappa shape index (κ3) is 9.18. The van der Waals surface area contributed by atoms with Crippen molar-refractivity contribution in [2.75, 3.05) is 13.2 Å².